The van der Waals surface area contributed by atoms with Gasteiger partial charge in [0.2, 0.25) is 0 Å². The van der Waals surface area contributed by atoms with Crippen molar-refractivity contribution in [2.75, 3.05) is 45.6 Å². The molecule has 0 atom stereocenters. The number of hydrogen-bond acceptors (Lipinski definition) is 10. The van der Waals surface area contributed by atoms with E-state index in [1.807, 2.05) is 76.8 Å². The first-order chi connectivity index (χ1) is 25.9. The van der Waals surface area contributed by atoms with Gasteiger partial charge in [0, 0.05) is 50.1 Å². The van der Waals surface area contributed by atoms with Crippen LogP contribution in [-0.2, 0) is 28.0 Å². The minimum atomic E-state index is -3.12. The predicted molar refractivity (Wildman–Crippen MR) is 214 cm³/mol. The van der Waals surface area contributed by atoms with Gasteiger partial charge in [-0.2, -0.15) is 0 Å². The number of amides is 2. The Morgan fingerprint density at radius 1 is 0.709 bits per heavy atom. The highest BCUT2D eigenvalue weighted by Crippen LogP contribution is 2.47. The Hall–Kier alpha value is -4.12. The highest BCUT2D eigenvalue weighted by Gasteiger charge is 2.26. The van der Waals surface area contributed by atoms with Crippen LogP contribution in [0.25, 0.3) is 0 Å². The third-order valence-corrected chi connectivity index (χ3v) is 10.5. The number of carbonyl (C=O) groups excluding carboxylic acids is 5. The van der Waals surface area contributed by atoms with Crippen molar-refractivity contribution in [1.29, 1.82) is 0 Å². The van der Waals surface area contributed by atoms with E-state index in [-0.39, 0.29) is 47.5 Å². The molecule has 0 N–H and O–H groups in total. The second-order valence-electron chi connectivity index (χ2n) is 14.1. The molecule has 2 aromatic carbocycles. The topological polar surface area (TPSA) is 146 Å². The Morgan fingerprint density at radius 3 is 1.44 bits per heavy atom. The van der Waals surface area contributed by atoms with Crippen LogP contribution >= 0.6 is 7.60 Å². The van der Waals surface area contributed by atoms with E-state index in [0.29, 0.717) is 63.4 Å². The summed E-state index contributed by atoms with van der Waals surface area (Å²) in [5, 5.41) is 0. The molecule has 0 aliphatic carbocycles. The Balaban J connectivity index is 0.000000300. The number of rotatable bonds is 13. The predicted octanol–water partition coefficient (Wildman–Crippen LogP) is 7.96. The number of nitrogens with zero attached hydrogens (tertiary/aromatic N) is 2. The summed E-state index contributed by atoms with van der Waals surface area (Å²) < 4.78 is 32.7. The van der Waals surface area contributed by atoms with Gasteiger partial charge in [-0.1, -0.05) is 5.57 Å². The second kappa shape index (κ2) is 23.1. The van der Waals surface area contributed by atoms with Gasteiger partial charge < -0.3 is 28.3 Å². The van der Waals surface area contributed by atoms with Gasteiger partial charge in [0.15, 0.2) is 5.78 Å². The molecular weight excluding hydrogens is 723 g/mol. The lowest BCUT2D eigenvalue weighted by Gasteiger charge is -2.28. The van der Waals surface area contributed by atoms with Crippen LogP contribution in [-0.4, -0.2) is 96.7 Å². The zero-order chi connectivity index (χ0) is 41.3. The quantitative estimate of drug-likeness (QED) is 0.145. The van der Waals surface area contributed by atoms with Gasteiger partial charge in [0.25, 0.3) is 11.8 Å². The number of likely N-dealkylation sites (tertiary alicyclic amines) is 2. The summed E-state index contributed by atoms with van der Waals surface area (Å²) in [5.74, 6) is 1.82. The third-order valence-electron chi connectivity index (χ3n) is 8.35. The van der Waals surface area contributed by atoms with Crippen LogP contribution in [0.2, 0.25) is 0 Å². The lowest BCUT2D eigenvalue weighted by Crippen LogP contribution is -2.38. The van der Waals surface area contributed by atoms with Crippen molar-refractivity contribution in [3.63, 3.8) is 0 Å². The first-order valence-electron chi connectivity index (χ1n) is 19.1. The van der Waals surface area contributed by atoms with E-state index in [9.17, 15) is 28.5 Å². The fourth-order valence-corrected chi connectivity index (χ4v) is 7.47. The van der Waals surface area contributed by atoms with E-state index < -0.39 is 7.60 Å². The molecule has 2 amide bonds. The van der Waals surface area contributed by atoms with E-state index in [1.54, 1.807) is 37.8 Å². The number of piperidine rings is 2. The summed E-state index contributed by atoms with van der Waals surface area (Å²) in [6.07, 6.45) is 4.29. The fourth-order valence-electron chi connectivity index (χ4n) is 5.89. The molecule has 2 aromatic rings. The number of allylic oxidation sites excluding steroid dienone is 1. The molecule has 2 fully saturated rings. The minimum absolute atomic E-state index is 0.00306. The SMILES string of the molecule is CC(=O)C=C1CCN(C(=O)c2ccc(OC(C)C)c(C)c2)CC1.CCOP(=O)(CC(C)=O)OCC.Cc1cc(C(=O)N2CCC(=O)CC2)ccc1OC(C)C. The lowest BCUT2D eigenvalue weighted by molar-refractivity contribution is -0.121. The molecule has 12 nitrogen and oxygen atoms in total. The summed E-state index contributed by atoms with van der Waals surface area (Å²) in [7, 11) is -3.12. The maximum atomic E-state index is 12.6. The Bertz CT molecular complexity index is 1690. The van der Waals surface area contributed by atoms with Crippen molar-refractivity contribution >= 4 is 36.8 Å². The van der Waals surface area contributed by atoms with Crippen LogP contribution in [0, 0.1) is 13.8 Å². The summed E-state index contributed by atoms with van der Waals surface area (Å²) >= 11 is 0. The Kier molecular flexibility index (Phi) is 19.7. The normalized spacial score (nSPS) is 14.4. The maximum absolute atomic E-state index is 12.6. The highest BCUT2D eigenvalue weighted by molar-refractivity contribution is 7.54. The van der Waals surface area contributed by atoms with Gasteiger partial charge >= 0.3 is 7.60 Å². The van der Waals surface area contributed by atoms with E-state index in [1.165, 1.54) is 6.92 Å². The second-order valence-corrected chi connectivity index (χ2v) is 16.2. The van der Waals surface area contributed by atoms with Crippen molar-refractivity contribution in [2.24, 2.45) is 0 Å². The van der Waals surface area contributed by atoms with Gasteiger partial charge in [-0.15, -0.1) is 0 Å². The van der Waals surface area contributed by atoms with Crippen LogP contribution < -0.4 is 9.47 Å². The molecule has 0 radical (unpaired) electrons. The molecule has 304 valence electrons. The fraction of sp³-hybridized carbons (Fsp3) is 0.548. The summed E-state index contributed by atoms with van der Waals surface area (Å²) in [5.41, 5.74) is 4.42. The molecule has 0 unspecified atom stereocenters. The number of ketones is 3. The molecule has 13 heteroatoms. The van der Waals surface area contributed by atoms with Crippen LogP contribution in [0.3, 0.4) is 0 Å². The summed E-state index contributed by atoms with van der Waals surface area (Å²) in [6.45, 7) is 21.2. The van der Waals surface area contributed by atoms with Crippen LogP contribution in [0.5, 0.6) is 11.5 Å². The molecule has 2 saturated heterocycles. The maximum Gasteiger partial charge on any atom is 0.338 e. The highest BCUT2D eigenvalue weighted by atomic mass is 31.2. The van der Waals surface area contributed by atoms with Gasteiger partial charge in [0.1, 0.15) is 29.2 Å². The molecule has 2 aliphatic rings. The third kappa shape index (κ3) is 16.6. The van der Waals surface area contributed by atoms with Crippen LogP contribution in [0.1, 0.15) is 113 Å². The van der Waals surface area contributed by atoms with Crippen LogP contribution in [0.4, 0.5) is 0 Å². The zero-order valence-electron chi connectivity index (χ0n) is 34.4. The van der Waals surface area contributed by atoms with Crippen molar-refractivity contribution in [3.05, 3.63) is 70.3 Å². The first-order valence-corrected chi connectivity index (χ1v) is 20.8. The molecular formula is C42H61N2O10P. The molecule has 2 heterocycles. The molecule has 0 spiro atoms. The van der Waals surface area contributed by atoms with Crippen molar-refractivity contribution in [3.8, 4) is 11.5 Å². The first kappa shape index (κ1) is 47.0. The number of carbonyl (C=O) groups is 5. The average molecular weight is 785 g/mol. The number of benzene rings is 2. The Morgan fingerprint density at radius 2 is 1.11 bits per heavy atom. The smallest absolute Gasteiger partial charge is 0.338 e. The van der Waals surface area contributed by atoms with E-state index in [4.69, 9.17) is 18.5 Å². The van der Waals surface area contributed by atoms with Gasteiger partial charge in [-0.3, -0.25) is 28.5 Å². The van der Waals surface area contributed by atoms with Crippen LogP contribution in [0.15, 0.2) is 48.0 Å². The van der Waals surface area contributed by atoms with Crippen molar-refractivity contribution < 1.29 is 47.1 Å². The van der Waals surface area contributed by atoms with Crippen molar-refractivity contribution in [2.45, 2.75) is 107 Å². The van der Waals surface area contributed by atoms with Gasteiger partial charge in [-0.25, -0.2) is 0 Å². The minimum Gasteiger partial charge on any atom is -0.491 e. The largest absolute Gasteiger partial charge is 0.491 e. The lowest BCUT2D eigenvalue weighted by atomic mass is 10.0. The molecule has 0 aromatic heterocycles. The number of hydrogen-bond donors (Lipinski definition) is 0. The van der Waals surface area contributed by atoms with E-state index >= 15 is 0 Å². The van der Waals surface area contributed by atoms with Crippen molar-refractivity contribution in [1.82, 2.24) is 9.80 Å². The average Bonchev–Trinajstić information content (AvgIpc) is 3.10. The molecule has 0 bridgehead atoms. The number of aryl methyl sites for hydroxylation is 2. The summed E-state index contributed by atoms with van der Waals surface area (Å²) in [4.78, 5) is 61.6. The van der Waals surface area contributed by atoms with Gasteiger partial charge in [0.05, 0.1) is 25.4 Å². The number of ether oxygens (including phenoxy) is 2. The number of Topliss-reactive ketones (excluding diaryl/α,β-unsaturated/α-hetero) is 2. The molecule has 0 saturated carbocycles. The van der Waals surface area contributed by atoms with E-state index in [2.05, 4.69) is 0 Å². The summed E-state index contributed by atoms with van der Waals surface area (Å²) in [6, 6.07) is 11.1. The van der Waals surface area contributed by atoms with Gasteiger partial charge in [-0.05, 0) is 136 Å². The van der Waals surface area contributed by atoms with E-state index in [0.717, 1.165) is 41.0 Å². The monoisotopic (exact) mass is 784 g/mol. The molecule has 2 aliphatic heterocycles. The Labute approximate surface area is 327 Å². The molecule has 4 rings (SSSR count). The molecule has 55 heavy (non-hydrogen) atoms. The zero-order valence-corrected chi connectivity index (χ0v) is 35.3. The standard InChI is InChI=1S/C19H25NO3.C16H21NO3.C7H15O4P/c1-13(2)23-18-6-5-17(11-14(18)3)19(22)20-9-7-16(8-10-20)12-15(4)21;1-11(2)20-15-5-4-13(10-12(15)3)16(19)17-8-6-14(18)7-9-17;1-4-10-12(9,11-5-2)6-7(3)8/h5-6,11-13H,7-10H2,1-4H3;4-5,10-11H,6-9H2,1-3H3;4-6H2,1-3H3.